The van der Waals surface area contributed by atoms with Crippen LogP contribution in [-0.4, -0.2) is 17.3 Å². The van der Waals surface area contributed by atoms with E-state index in [0.717, 1.165) is 11.3 Å². The summed E-state index contributed by atoms with van der Waals surface area (Å²) in [6.45, 7) is 3.98. The quantitative estimate of drug-likeness (QED) is 0.761. The normalized spacial score (nSPS) is 14.9. The molecule has 0 unspecified atom stereocenters. The molecule has 1 aromatic rings. The van der Waals surface area contributed by atoms with Crippen LogP contribution in [0.2, 0.25) is 0 Å². The highest BCUT2D eigenvalue weighted by atomic mass is 16.5. The van der Waals surface area contributed by atoms with E-state index in [2.05, 4.69) is 0 Å². The Morgan fingerprint density at radius 3 is 2.57 bits per heavy atom. The first-order valence-electron chi connectivity index (χ1n) is 4.78. The highest BCUT2D eigenvalue weighted by Crippen LogP contribution is 2.19. The molecular formula is C11H17NO2. The van der Waals surface area contributed by atoms with Crippen LogP contribution in [-0.2, 0) is 6.54 Å². The molecule has 0 saturated carbocycles. The Morgan fingerprint density at radius 2 is 2.00 bits per heavy atom. The maximum Gasteiger partial charge on any atom is 0.124 e. The zero-order valence-electron chi connectivity index (χ0n) is 8.60. The van der Waals surface area contributed by atoms with Crippen LogP contribution in [0.4, 0.5) is 0 Å². The van der Waals surface area contributed by atoms with Gasteiger partial charge in [0.1, 0.15) is 11.9 Å². The van der Waals surface area contributed by atoms with Crippen LogP contribution in [0, 0.1) is 0 Å². The van der Waals surface area contributed by atoms with Crippen LogP contribution < -0.4 is 10.5 Å². The summed E-state index contributed by atoms with van der Waals surface area (Å²) in [5.74, 6) is 0.753. The molecule has 1 rings (SSSR count). The summed E-state index contributed by atoms with van der Waals surface area (Å²) >= 11 is 0. The molecule has 0 heterocycles. The minimum atomic E-state index is -0.485. The summed E-state index contributed by atoms with van der Waals surface area (Å²) < 4.78 is 5.57. The van der Waals surface area contributed by atoms with Gasteiger partial charge in [-0.3, -0.25) is 0 Å². The van der Waals surface area contributed by atoms with Gasteiger partial charge in [0, 0.05) is 12.1 Å². The van der Waals surface area contributed by atoms with Crippen molar-refractivity contribution >= 4 is 0 Å². The number of para-hydroxylation sites is 1. The van der Waals surface area contributed by atoms with Gasteiger partial charge in [0.05, 0.1) is 6.10 Å². The molecule has 1 aromatic carbocycles. The molecule has 0 aromatic heterocycles. The number of aliphatic hydroxyl groups excluding tert-OH is 1. The van der Waals surface area contributed by atoms with Crippen LogP contribution in [0.3, 0.4) is 0 Å². The molecule has 0 fully saturated rings. The highest BCUT2D eigenvalue weighted by Gasteiger charge is 2.11. The Balaban J connectivity index is 2.75. The Bertz CT molecular complexity index is 286. The predicted molar refractivity (Wildman–Crippen MR) is 56.1 cm³/mol. The van der Waals surface area contributed by atoms with E-state index in [0.29, 0.717) is 6.54 Å². The first-order chi connectivity index (χ1) is 6.65. The van der Waals surface area contributed by atoms with Crippen LogP contribution in [0.25, 0.3) is 0 Å². The molecule has 3 N–H and O–H groups in total. The van der Waals surface area contributed by atoms with Crippen molar-refractivity contribution in [3.63, 3.8) is 0 Å². The standard InChI is InChI=1S/C11H17NO2/c1-8(13)9(2)14-11-6-4-3-5-10(11)7-12/h3-6,8-9,13H,7,12H2,1-2H3/t8-,9+/m0/s1. The Morgan fingerprint density at radius 1 is 1.36 bits per heavy atom. The number of ether oxygens (including phenoxy) is 1. The third kappa shape index (κ3) is 2.72. The van der Waals surface area contributed by atoms with Gasteiger partial charge in [0.2, 0.25) is 0 Å². The lowest BCUT2D eigenvalue weighted by Crippen LogP contribution is -2.26. The van der Waals surface area contributed by atoms with Crippen molar-refractivity contribution in [3.8, 4) is 5.75 Å². The molecule has 3 nitrogen and oxygen atoms in total. The highest BCUT2D eigenvalue weighted by molar-refractivity contribution is 5.33. The fourth-order valence-electron chi connectivity index (χ4n) is 1.09. The van der Waals surface area contributed by atoms with Gasteiger partial charge in [-0.1, -0.05) is 18.2 Å². The molecule has 2 atom stereocenters. The molecule has 78 valence electrons. The molecule has 0 amide bonds. The summed E-state index contributed by atoms with van der Waals surface area (Å²) in [6.07, 6.45) is -0.705. The van der Waals surface area contributed by atoms with E-state index in [9.17, 15) is 5.11 Å². The molecule has 3 heteroatoms. The topological polar surface area (TPSA) is 55.5 Å². The van der Waals surface area contributed by atoms with Gasteiger partial charge in [0.15, 0.2) is 0 Å². The van der Waals surface area contributed by atoms with E-state index in [4.69, 9.17) is 10.5 Å². The van der Waals surface area contributed by atoms with E-state index >= 15 is 0 Å². The number of hydrogen-bond acceptors (Lipinski definition) is 3. The molecule has 0 radical (unpaired) electrons. The van der Waals surface area contributed by atoms with E-state index in [-0.39, 0.29) is 6.10 Å². The van der Waals surface area contributed by atoms with Crippen molar-refractivity contribution in [1.29, 1.82) is 0 Å². The number of benzene rings is 1. The van der Waals surface area contributed by atoms with Gasteiger partial charge >= 0.3 is 0 Å². The molecular weight excluding hydrogens is 178 g/mol. The third-order valence-electron chi connectivity index (χ3n) is 2.18. The zero-order chi connectivity index (χ0) is 10.6. The SMILES string of the molecule is C[C@H](O)[C@@H](C)Oc1ccccc1CN. The number of hydrogen-bond donors (Lipinski definition) is 2. The number of rotatable bonds is 4. The first-order valence-corrected chi connectivity index (χ1v) is 4.78. The second-order valence-electron chi connectivity index (χ2n) is 3.38. The summed E-state index contributed by atoms with van der Waals surface area (Å²) in [5, 5.41) is 9.29. The first kappa shape index (κ1) is 11.0. The molecule has 0 aliphatic carbocycles. The molecule has 0 spiro atoms. The van der Waals surface area contributed by atoms with Crippen LogP contribution >= 0.6 is 0 Å². The summed E-state index contributed by atoms with van der Waals surface area (Å²) in [4.78, 5) is 0. The van der Waals surface area contributed by atoms with Crippen LogP contribution in [0.1, 0.15) is 19.4 Å². The van der Waals surface area contributed by atoms with Crippen molar-refractivity contribution < 1.29 is 9.84 Å². The Kier molecular flexibility index (Phi) is 3.92. The van der Waals surface area contributed by atoms with Gasteiger partial charge in [-0.05, 0) is 19.9 Å². The van der Waals surface area contributed by atoms with Crippen molar-refractivity contribution in [2.75, 3.05) is 0 Å². The second-order valence-corrected chi connectivity index (χ2v) is 3.38. The molecule has 0 saturated heterocycles. The molecule has 14 heavy (non-hydrogen) atoms. The second kappa shape index (κ2) is 4.98. The smallest absolute Gasteiger partial charge is 0.124 e. The zero-order valence-corrected chi connectivity index (χ0v) is 8.60. The minimum Gasteiger partial charge on any atom is -0.488 e. The minimum absolute atomic E-state index is 0.220. The van der Waals surface area contributed by atoms with Gasteiger partial charge in [-0.15, -0.1) is 0 Å². The maximum absolute atomic E-state index is 9.29. The van der Waals surface area contributed by atoms with E-state index in [1.165, 1.54) is 0 Å². The van der Waals surface area contributed by atoms with Crippen molar-refractivity contribution in [2.45, 2.75) is 32.6 Å². The maximum atomic E-state index is 9.29. The van der Waals surface area contributed by atoms with Gasteiger partial charge in [-0.2, -0.15) is 0 Å². The summed E-state index contributed by atoms with van der Waals surface area (Å²) in [7, 11) is 0. The molecule has 0 aliphatic rings. The van der Waals surface area contributed by atoms with Crippen LogP contribution in [0.5, 0.6) is 5.75 Å². The largest absolute Gasteiger partial charge is 0.488 e. The Labute approximate surface area is 84.5 Å². The van der Waals surface area contributed by atoms with Gasteiger partial charge < -0.3 is 15.6 Å². The van der Waals surface area contributed by atoms with Crippen LogP contribution in [0.15, 0.2) is 24.3 Å². The lowest BCUT2D eigenvalue weighted by molar-refractivity contribution is 0.0598. The predicted octanol–water partition coefficient (Wildman–Crippen LogP) is 1.29. The van der Waals surface area contributed by atoms with Gasteiger partial charge in [0.25, 0.3) is 0 Å². The van der Waals surface area contributed by atoms with Crippen molar-refractivity contribution in [2.24, 2.45) is 5.73 Å². The number of nitrogens with two attached hydrogens (primary N) is 1. The fourth-order valence-corrected chi connectivity index (χ4v) is 1.09. The third-order valence-corrected chi connectivity index (χ3v) is 2.18. The van der Waals surface area contributed by atoms with Gasteiger partial charge in [-0.25, -0.2) is 0 Å². The van der Waals surface area contributed by atoms with Crippen molar-refractivity contribution in [1.82, 2.24) is 0 Å². The Hall–Kier alpha value is -1.06. The lowest BCUT2D eigenvalue weighted by Gasteiger charge is -2.18. The number of aliphatic hydroxyl groups is 1. The average Bonchev–Trinajstić information content (AvgIpc) is 2.18. The average molecular weight is 195 g/mol. The lowest BCUT2D eigenvalue weighted by atomic mass is 10.2. The van der Waals surface area contributed by atoms with E-state index in [1.54, 1.807) is 6.92 Å². The molecule has 0 bridgehead atoms. The van der Waals surface area contributed by atoms with E-state index < -0.39 is 6.10 Å². The molecule has 0 aliphatic heterocycles. The summed E-state index contributed by atoms with van der Waals surface area (Å²) in [6, 6.07) is 7.59. The van der Waals surface area contributed by atoms with E-state index in [1.807, 2.05) is 31.2 Å². The van der Waals surface area contributed by atoms with Crippen molar-refractivity contribution in [3.05, 3.63) is 29.8 Å². The summed E-state index contributed by atoms with van der Waals surface area (Å²) in [5.41, 5.74) is 6.52. The monoisotopic (exact) mass is 195 g/mol. The fraction of sp³-hybridized carbons (Fsp3) is 0.455.